The number of benzene rings is 2. The van der Waals surface area contributed by atoms with E-state index in [-0.39, 0.29) is 11.9 Å². The van der Waals surface area contributed by atoms with Gasteiger partial charge in [0.1, 0.15) is 5.75 Å². The van der Waals surface area contributed by atoms with E-state index in [1.807, 2.05) is 36.0 Å². The fraction of sp³-hybridized carbons (Fsp3) is 0.235. The van der Waals surface area contributed by atoms with E-state index < -0.39 is 0 Å². The maximum atomic E-state index is 12.4. The summed E-state index contributed by atoms with van der Waals surface area (Å²) in [7, 11) is 1.60. The number of hydrogen-bond acceptors (Lipinski definition) is 3. The summed E-state index contributed by atoms with van der Waals surface area (Å²) in [4.78, 5) is 13.7. The Kier molecular flexibility index (Phi) is 4.15. The predicted octanol–water partition coefficient (Wildman–Crippen LogP) is 3.66. The Morgan fingerprint density at radius 1 is 1.24 bits per heavy atom. The van der Waals surface area contributed by atoms with E-state index in [4.69, 9.17) is 4.74 Å². The summed E-state index contributed by atoms with van der Waals surface area (Å²) in [5, 5.41) is 3.13. The van der Waals surface area contributed by atoms with E-state index in [2.05, 4.69) is 17.4 Å². The number of thioether (sulfide) groups is 1. The molecular weight excluding hydrogens is 282 g/mol. The molecule has 1 amide bonds. The van der Waals surface area contributed by atoms with Gasteiger partial charge in [-0.3, -0.25) is 4.79 Å². The van der Waals surface area contributed by atoms with Crippen LogP contribution in [-0.2, 0) is 0 Å². The van der Waals surface area contributed by atoms with Gasteiger partial charge in [-0.05, 0) is 36.2 Å². The number of ether oxygens (including phenoxy) is 1. The third kappa shape index (κ3) is 3.05. The van der Waals surface area contributed by atoms with Crippen molar-refractivity contribution in [1.82, 2.24) is 5.32 Å². The Morgan fingerprint density at radius 3 is 2.95 bits per heavy atom. The molecular formula is C17H17NO2S. The van der Waals surface area contributed by atoms with Crippen LogP contribution in [-0.4, -0.2) is 18.8 Å². The third-order valence-corrected chi connectivity index (χ3v) is 4.72. The van der Waals surface area contributed by atoms with Gasteiger partial charge in [0.2, 0.25) is 0 Å². The molecule has 1 N–H and O–H groups in total. The fourth-order valence-electron chi connectivity index (χ4n) is 2.50. The Hall–Kier alpha value is -1.94. The van der Waals surface area contributed by atoms with Crippen LogP contribution in [0.2, 0.25) is 0 Å². The quantitative estimate of drug-likeness (QED) is 0.940. The highest BCUT2D eigenvalue weighted by Crippen LogP contribution is 2.35. The lowest BCUT2D eigenvalue weighted by atomic mass is 10.0. The maximum Gasteiger partial charge on any atom is 0.251 e. The Balaban J connectivity index is 1.79. The summed E-state index contributed by atoms with van der Waals surface area (Å²) in [5.74, 6) is 1.67. The summed E-state index contributed by atoms with van der Waals surface area (Å²) in [6, 6.07) is 15.6. The van der Waals surface area contributed by atoms with Gasteiger partial charge in [-0.25, -0.2) is 0 Å². The molecule has 3 nitrogen and oxygen atoms in total. The lowest BCUT2D eigenvalue weighted by Gasteiger charge is -2.25. The first kappa shape index (κ1) is 14.0. The number of fused-ring (bicyclic) bond motifs is 1. The molecule has 1 atom stereocenters. The number of amides is 1. The van der Waals surface area contributed by atoms with Crippen molar-refractivity contribution in [2.24, 2.45) is 0 Å². The average molecular weight is 299 g/mol. The molecule has 0 aromatic heterocycles. The molecule has 4 heteroatoms. The average Bonchev–Trinajstić information content (AvgIpc) is 2.55. The van der Waals surface area contributed by atoms with Gasteiger partial charge in [0.05, 0.1) is 13.2 Å². The molecule has 0 radical (unpaired) electrons. The number of rotatable bonds is 3. The van der Waals surface area contributed by atoms with Crippen LogP contribution < -0.4 is 10.1 Å². The van der Waals surface area contributed by atoms with Crippen molar-refractivity contribution in [2.75, 3.05) is 12.9 Å². The number of carbonyl (C=O) groups is 1. The maximum absolute atomic E-state index is 12.4. The van der Waals surface area contributed by atoms with Crippen LogP contribution in [0.5, 0.6) is 5.75 Å². The van der Waals surface area contributed by atoms with E-state index in [1.54, 1.807) is 19.2 Å². The van der Waals surface area contributed by atoms with Crippen LogP contribution in [0.15, 0.2) is 53.4 Å². The normalized spacial score (nSPS) is 16.9. The number of nitrogens with one attached hydrogen (secondary N) is 1. The second kappa shape index (κ2) is 6.22. The van der Waals surface area contributed by atoms with Crippen molar-refractivity contribution in [3.63, 3.8) is 0 Å². The van der Waals surface area contributed by atoms with Crippen LogP contribution in [0.3, 0.4) is 0 Å². The summed E-state index contributed by atoms with van der Waals surface area (Å²) in [5.41, 5.74) is 1.84. The van der Waals surface area contributed by atoms with E-state index in [1.165, 1.54) is 10.5 Å². The van der Waals surface area contributed by atoms with Crippen LogP contribution in [0.25, 0.3) is 0 Å². The largest absolute Gasteiger partial charge is 0.497 e. The lowest BCUT2D eigenvalue weighted by Crippen LogP contribution is -2.30. The molecule has 1 heterocycles. The molecule has 0 saturated heterocycles. The number of methoxy groups -OCH3 is 1. The van der Waals surface area contributed by atoms with Crippen LogP contribution in [0.1, 0.15) is 28.4 Å². The monoisotopic (exact) mass is 299 g/mol. The standard InChI is InChI=1S/C17H17NO2S/c1-20-13-6-4-5-12(11-13)17(19)18-15-9-10-21-16-8-3-2-7-14(15)16/h2-8,11,15H,9-10H2,1H3,(H,18,19)/t15-/m1/s1. The number of carbonyl (C=O) groups excluding carboxylic acids is 1. The molecule has 0 spiro atoms. The Labute approximate surface area is 128 Å². The van der Waals surface area contributed by atoms with Gasteiger partial charge in [0.25, 0.3) is 5.91 Å². The zero-order chi connectivity index (χ0) is 14.7. The first-order valence-corrected chi connectivity index (χ1v) is 7.93. The van der Waals surface area contributed by atoms with Gasteiger partial charge in [0, 0.05) is 16.2 Å². The highest BCUT2D eigenvalue weighted by Gasteiger charge is 2.22. The predicted molar refractivity (Wildman–Crippen MR) is 85.0 cm³/mol. The molecule has 0 unspecified atom stereocenters. The number of hydrogen-bond donors (Lipinski definition) is 1. The minimum atomic E-state index is -0.0550. The smallest absolute Gasteiger partial charge is 0.251 e. The summed E-state index contributed by atoms with van der Waals surface area (Å²) in [6.07, 6.45) is 0.956. The molecule has 0 fully saturated rings. The van der Waals surface area contributed by atoms with Gasteiger partial charge in [0.15, 0.2) is 0 Å². The van der Waals surface area contributed by atoms with E-state index >= 15 is 0 Å². The first-order chi connectivity index (χ1) is 10.3. The van der Waals surface area contributed by atoms with Crippen molar-refractivity contribution in [3.05, 3.63) is 59.7 Å². The topological polar surface area (TPSA) is 38.3 Å². The van der Waals surface area contributed by atoms with E-state index in [0.717, 1.165) is 12.2 Å². The fourth-order valence-corrected chi connectivity index (χ4v) is 3.62. The highest BCUT2D eigenvalue weighted by atomic mass is 32.2. The van der Waals surface area contributed by atoms with Crippen molar-refractivity contribution in [3.8, 4) is 5.75 Å². The second-order valence-corrected chi connectivity index (χ2v) is 6.07. The molecule has 0 aliphatic carbocycles. The van der Waals surface area contributed by atoms with Gasteiger partial charge in [-0.2, -0.15) is 0 Å². The molecule has 1 aliphatic rings. The third-order valence-electron chi connectivity index (χ3n) is 3.60. The van der Waals surface area contributed by atoms with Crippen LogP contribution in [0, 0.1) is 0 Å². The van der Waals surface area contributed by atoms with Crippen LogP contribution in [0.4, 0.5) is 0 Å². The van der Waals surface area contributed by atoms with Crippen molar-refractivity contribution in [1.29, 1.82) is 0 Å². The molecule has 2 aromatic carbocycles. The summed E-state index contributed by atoms with van der Waals surface area (Å²) >= 11 is 1.85. The zero-order valence-electron chi connectivity index (χ0n) is 11.8. The molecule has 0 saturated carbocycles. The molecule has 21 heavy (non-hydrogen) atoms. The van der Waals surface area contributed by atoms with Crippen molar-refractivity contribution < 1.29 is 9.53 Å². The van der Waals surface area contributed by atoms with Gasteiger partial charge in [-0.15, -0.1) is 11.8 Å². The van der Waals surface area contributed by atoms with Gasteiger partial charge >= 0.3 is 0 Å². The van der Waals surface area contributed by atoms with Crippen LogP contribution >= 0.6 is 11.8 Å². The SMILES string of the molecule is COc1cccc(C(=O)N[C@@H]2CCSc3ccccc32)c1. The molecule has 2 aromatic rings. The van der Waals surface area contributed by atoms with E-state index in [0.29, 0.717) is 11.3 Å². The molecule has 0 bridgehead atoms. The summed E-state index contributed by atoms with van der Waals surface area (Å²) in [6.45, 7) is 0. The Morgan fingerprint density at radius 2 is 2.10 bits per heavy atom. The molecule has 3 rings (SSSR count). The van der Waals surface area contributed by atoms with Crippen molar-refractivity contribution in [2.45, 2.75) is 17.4 Å². The zero-order valence-corrected chi connectivity index (χ0v) is 12.7. The van der Waals surface area contributed by atoms with E-state index in [9.17, 15) is 4.79 Å². The summed E-state index contributed by atoms with van der Waals surface area (Å²) < 4.78 is 5.17. The highest BCUT2D eigenvalue weighted by molar-refractivity contribution is 7.99. The molecule has 108 valence electrons. The van der Waals surface area contributed by atoms with Gasteiger partial charge < -0.3 is 10.1 Å². The second-order valence-electron chi connectivity index (χ2n) is 4.93. The lowest BCUT2D eigenvalue weighted by molar-refractivity contribution is 0.0934. The van der Waals surface area contributed by atoms with Gasteiger partial charge in [-0.1, -0.05) is 24.3 Å². The minimum Gasteiger partial charge on any atom is -0.497 e. The van der Waals surface area contributed by atoms with Crippen molar-refractivity contribution >= 4 is 17.7 Å². The Bertz CT molecular complexity index is 657. The molecule has 1 aliphatic heterocycles. The minimum absolute atomic E-state index is 0.0550. The first-order valence-electron chi connectivity index (χ1n) is 6.94.